The highest BCUT2D eigenvalue weighted by Gasteiger charge is 2.17. The van der Waals surface area contributed by atoms with Gasteiger partial charge < -0.3 is 5.32 Å². The van der Waals surface area contributed by atoms with Crippen molar-refractivity contribution in [3.05, 3.63) is 89.5 Å². The minimum absolute atomic E-state index is 0.130. The van der Waals surface area contributed by atoms with Crippen molar-refractivity contribution in [3.8, 4) is 0 Å². The van der Waals surface area contributed by atoms with E-state index in [1.54, 1.807) is 6.92 Å². The molecule has 0 unspecified atom stereocenters. The molecular weight excluding hydrogens is 386 g/mol. The maximum Gasteiger partial charge on any atom is 0.261 e. The first-order valence-corrected chi connectivity index (χ1v) is 9.69. The summed E-state index contributed by atoms with van der Waals surface area (Å²) in [6, 6.07) is 14.5. The van der Waals surface area contributed by atoms with Gasteiger partial charge in [0.25, 0.3) is 15.9 Å². The Hall–Kier alpha value is -3.26. The van der Waals surface area contributed by atoms with Crippen LogP contribution in [0.25, 0.3) is 0 Å². The summed E-state index contributed by atoms with van der Waals surface area (Å²) in [5.74, 6) is -1.70. The summed E-state index contributed by atoms with van der Waals surface area (Å²) in [6.45, 7) is 1.72. The normalized spacial score (nSPS) is 11.1. The van der Waals surface area contributed by atoms with E-state index in [9.17, 15) is 22.0 Å². The summed E-state index contributed by atoms with van der Waals surface area (Å²) in [4.78, 5) is 12.2. The van der Waals surface area contributed by atoms with Gasteiger partial charge in [-0.05, 0) is 61.0 Å². The van der Waals surface area contributed by atoms with E-state index in [4.69, 9.17) is 0 Å². The first kappa shape index (κ1) is 19.5. The predicted octanol–water partition coefficient (Wildman–Crippen LogP) is 4.33. The van der Waals surface area contributed by atoms with Crippen molar-refractivity contribution in [2.45, 2.75) is 11.8 Å². The summed E-state index contributed by atoms with van der Waals surface area (Å²) in [5, 5.41) is 2.58. The SMILES string of the molecule is Cc1ccc(F)cc1NC(=O)c1ccc(S(=O)(=O)Nc2ccccc2F)cc1. The number of hydrogen-bond acceptors (Lipinski definition) is 3. The number of aryl methyl sites for hydroxylation is 1. The fourth-order valence-corrected chi connectivity index (χ4v) is 3.52. The van der Waals surface area contributed by atoms with Crippen LogP contribution in [0.4, 0.5) is 20.2 Å². The summed E-state index contributed by atoms with van der Waals surface area (Å²) in [5.41, 5.74) is 1.02. The summed E-state index contributed by atoms with van der Waals surface area (Å²) in [7, 11) is -4.02. The zero-order chi connectivity index (χ0) is 20.3. The van der Waals surface area contributed by atoms with Gasteiger partial charge in [-0.3, -0.25) is 9.52 Å². The maximum atomic E-state index is 13.7. The van der Waals surface area contributed by atoms with E-state index in [0.29, 0.717) is 11.3 Å². The van der Waals surface area contributed by atoms with Crippen molar-refractivity contribution in [1.29, 1.82) is 0 Å². The van der Waals surface area contributed by atoms with Crippen molar-refractivity contribution in [1.82, 2.24) is 0 Å². The second-order valence-electron chi connectivity index (χ2n) is 6.02. The lowest BCUT2D eigenvalue weighted by Gasteiger charge is -2.11. The Bertz CT molecular complexity index is 1130. The molecule has 1 amide bonds. The number of sulfonamides is 1. The van der Waals surface area contributed by atoms with Crippen LogP contribution in [0.1, 0.15) is 15.9 Å². The third kappa shape index (κ3) is 4.34. The van der Waals surface area contributed by atoms with E-state index in [1.807, 2.05) is 0 Å². The predicted molar refractivity (Wildman–Crippen MR) is 103 cm³/mol. The van der Waals surface area contributed by atoms with Crippen molar-refractivity contribution in [3.63, 3.8) is 0 Å². The lowest BCUT2D eigenvalue weighted by Crippen LogP contribution is -2.15. The molecule has 2 N–H and O–H groups in total. The first-order valence-electron chi connectivity index (χ1n) is 8.21. The number of rotatable bonds is 5. The Morgan fingerprint density at radius 1 is 0.893 bits per heavy atom. The number of amides is 1. The number of anilines is 2. The van der Waals surface area contributed by atoms with Crippen molar-refractivity contribution < 1.29 is 22.0 Å². The zero-order valence-corrected chi connectivity index (χ0v) is 15.6. The molecule has 3 aromatic rings. The third-order valence-electron chi connectivity index (χ3n) is 3.99. The van der Waals surface area contributed by atoms with Gasteiger partial charge in [0.1, 0.15) is 11.6 Å². The Balaban J connectivity index is 1.78. The van der Waals surface area contributed by atoms with E-state index in [1.165, 1.54) is 60.7 Å². The van der Waals surface area contributed by atoms with Gasteiger partial charge in [0.15, 0.2) is 0 Å². The summed E-state index contributed by atoms with van der Waals surface area (Å²) >= 11 is 0. The molecule has 0 aliphatic heterocycles. The molecule has 8 heteroatoms. The monoisotopic (exact) mass is 402 g/mol. The highest BCUT2D eigenvalue weighted by Crippen LogP contribution is 2.20. The van der Waals surface area contributed by atoms with Crippen LogP contribution in [0.5, 0.6) is 0 Å². The maximum absolute atomic E-state index is 13.7. The van der Waals surface area contributed by atoms with Gasteiger partial charge in [0, 0.05) is 11.3 Å². The van der Waals surface area contributed by atoms with Crippen molar-refractivity contribution in [2.75, 3.05) is 10.0 Å². The molecule has 144 valence electrons. The molecular formula is C20H16F2N2O3S. The molecule has 0 aliphatic carbocycles. The van der Waals surface area contributed by atoms with Crippen LogP contribution in [-0.4, -0.2) is 14.3 Å². The largest absolute Gasteiger partial charge is 0.322 e. The average molecular weight is 402 g/mol. The summed E-state index contributed by atoms with van der Waals surface area (Å²) < 4.78 is 53.9. The topological polar surface area (TPSA) is 75.3 Å². The zero-order valence-electron chi connectivity index (χ0n) is 14.7. The third-order valence-corrected chi connectivity index (χ3v) is 5.37. The van der Waals surface area contributed by atoms with Gasteiger partial charge in [0.2, 0.25) is 0 Å². The highest BCUT2D eigenvalue weighted by atomic mass is 32.2. The van der Waals surface area contributed by atoms with Gasteiger partial charge in [-0.15, -0.1) is 0 Å². The Morgan fingerprint density at radius 2 is 1.57 bits per heavy atom. The van der Waals surface area contributed by atoms with Gasteiger partial charge in [0.05, 0.1) is 10.6 Å². The summed E-state index contributed by atoms with van der Waals surface area (Å²) in [6.07, 6.45) is 0. The lowest BCUT2D eigenvalue weighted by atomic mass is 10.1. The Labute approximate surface area is 161 Å². The minimum atomic E-state index is -4.02. The fraction of sp³-hybridized carbons (Fsp3) is 0.0500. The van der Waals surface area contributed by atoms with Gasteiger partial charge in [-0.25, -0.2) is 17.2 Å². The number of nitrogens with one attached hydrogen (secondary N) is 2. The van der Waals surface area contributed by atoms with E-state index < -0.39 is 27.6 Å². The number of benzene rings is 3. The fourth-order valence-electron chi connectivity index (χ4n) is 2.46. The molecule has 28 heavy (non-hydrogen) atoms. The molecule has 0 saturated carbocycles. The van der Waals surface area contributed by atoms with Gasteiger partial charge in [-0.1, -0.05) is 18.2 Å². The molecule has 3 aromatic carbocycles. The first-order chi connectivity index (χ1) is 13.3. The van der Waals surface area contributed by atoms with E-state index in [0.717, 1.165) is 6.07 Å². The van der Waals surface area contributed by atoms with Crippen LogP contribution < -0.4 is 10.0 Å². The molecule has 0 aromatic heterocycles. The molecule has 0 heterocycles. The number of hydrogen-bond donors (Lipinski definition) is 2. The average Bonchev–Trinajstić information content (AvgIpc) is 2.66. The molecule has 0 atom stereocenters. The number of halogens is 2. The van der Waals surface area contributed by atoms with Gasteiger partial charge in [-0.2, -0.15) is 0 Å². The second kappa shape index (κ2) is 7.77. The molecule has 0 saturated heterocycles. The van der Waals surface area contributed by atoms with E-state index in [-0.39, 0.29) is 16.1 Å². The van der Waals surface area contributed by atoms with E-state index in [2.05, 4.69) is 10.0 Å². The lowest BCUT2D eigenvalue weighted by molar-refractivity contribution is 0.102. The molecule has 5 nitrogen and oxygen atoms in total. The van der Waals surface area contributed by atoms with Crippen LogP contribution in [0.15, 0.2) is 71.6 Å². The van der Waals surface area contributed by atoms with Crippen molar-refractivity contribution in [2.24, 2.45) is 0 Å². The quantitative estimate of drug-likeness (QED) is 0.667. The Kier molecular flexibility index (Phi) is 5.41. The standard InChI is InChI=1S/C20H16F2N2O3S/c1-13-6-9-15(21)12-19(13)23-20(25)14-7-10-16(11-8-14)28(26,27)24-18-5-3-2-4-17(18)22/h2-12,24H,1H3,(H,23,25). The van der Waals surface area contributed by atoms with Crippen molar-refractivity contribution >= 4 is 27.3 Å². The number of para-hydroxylation sites is 1. The van der Waals surface area contributed by atoms with E-state index >= 15 is 0 Å². The smallest absolute Gasteiger partial charge is 0.261 e. The molecule has 0 fully saturated rings. The van der Waals surface area contributed by atoms with Crippen LogP contribution in [0.3, 0.4) is 0 Å². The molecule has 0 bridgehead atoms. The second-order valence-corrected chi connectivity index (χ2v) is 7.71. The van der Waals surface area contributed by atoms with Crippen LogP contribution >= 0.6 is 0 Å². The number of carbonyl (C=O) groups is 1. The van der Waals surface area contributed by atoms with Crippen LogP contribution in [0.2, 0.25) is 0 Å². The minimum Gasteiger partial charge on any atom is -0.322 e. The number of carbonyl (C=O) groups excluding carboxylic acids is 1. The molecule has 0 radical (unpaired) electrons. The molecule has 0 aliphatic rings. The highest BCUT2D eigenvalue weighted by molar-refractivity contribution is 7.92. The molecule has 3 rings (SSSR count). The van der Waals surface area contributed by atoms with Crippen LogP contribution in [-0.2, 0) is 10.0 Å². The Morgan fingerprint density at radius 3 is 2.25 bits per heavy atom. The van der Waals surface area contributed by atoms with Gasteiger partial charge >= 0.3 is 0 Å². The molecule has 0 spiro atoms. The van der Waals surface area contributed by atoms with Crippen LogP contribution in [0, 0.1) is 18.6 Å².